The summed E-state index contributed by atoms with van der Waals surface area (Å²) in [6.45, 7) is 2.25. The smallest absolute Gasteiger partial charge is 0.147 e. The van der Waals surface area contributed by atoms with Crippen LogP contribution in [0, 0.1) is 34.7 Å². The second kappa shape index (κ2) is 11.4. The summed E-state index contributed by atoms with van der Waals surface area (Å²) in [6, 6.07) is 8.56. The van der Waals surface area contributed by atoms with Crippen LogP contribution in [0.15, 0.2) is 24.3 Å². The number of hydrogen-bond donors (Lipinski definition) is 0. The molecule has 2 aromatic carbocycles. The number of rotatable bonds is 8. The minimum absolute atomic E-state index is 0.100. The van der Waals surface area contributed by atoms with Gasteiger partial charge in [0, 0.05) is 0 Å². The van der Waals surface area contributed by atoms with Crippen molar-refractivity contribution >= 4 is 0 Å². The zero-order valence-electron chi connectivity index (χ0n) is 20.3. The lowest BCUT2D eigenvalue weighted by molar-refractivity contribution is 0.301. The summed E-state index contributed by atoms with van der Waals surface area (Å²) < 4.78 is 43.8. The summed E-state index contributed by atoms with van der Waals surface area (Å²) in [6.07, 6.45) is 14.2. The fraction of sp³-hybridized carbons (Fsp3) is 0.567. The highest BCUT2D eigenvalue weighted by Gasteiger charge is 2.28. The molecule has 0 heterocycles. The first-order valence-corrected chi connectivity index (χ1v) is 13.2. The van der Waals surface area contributed by atoms with E-state index >= 15 is 4.39 Å². The molecule has 0 spiro atoms. The molecule has 0 radical (unpaired) electrons. The topological polar surface area (TPSA) is 23.8 Å². The molecule has 4 heteroatoms. The minimum Gasteiger partial charge on any atom is -0.207 e. The van der Waals surface area contributed by atoms with E-state index in [-0.39, 0.29) is 11.7 Å². The molecular formula is C30H36F3N. The Kier molecular flexibility index (Phi) is 8.35. The molecule has 1 unspecified atom stereocenters. The van der Waals surface area contributed by atoms with Crippen molar-refractivity contribution in [1.82, 2.24) is 0 Å². The molecule has 0 N–H and O–H groups in total. The monoisotopic (exact) mass is 467 g/mol. The SMILES string of the molecule is CCCCCCCC1CCC(c2ccc(C3CCc4c(cc(F)c(C#N)c4F)C3)c(F)c2)CC1. The van der Waals surface area contributed by atoms with Crippen molar-refractivity contribution in [3.8, 4) is 6.07 Å². The van der Waals surface area contributed by atoms with Crippen LogP contribution >= 0.6 is 0 Å². The molecule has 0 amide bonds. The van der Waals surface area contributed by atoms with Crippen LogP contribution in [0.5, 0.6) is 0 Å². The van der Waals surface area contributed by atoms with Crippen LogP contribution in [0.3, 0.4) is 0 Å². The molecule has 182 valence electrons. The number of hydrogen-bond acceptors (Lipinski definition) is 1. The molecule has 1 atom stereocenters. The molecular weight excluding hydrogens is 431 g/mol. The van der Waals surface area contributed by atoms with Gasteiger partial charge in [-0.15, -0.1) is 0 Å². The molecule has 2 aliphatic rings. The molecule has 0 aliphatic heterocycles. The minimum atomic E-state index is -0.827. The highest BCUT2D eigenvalue weighted by atomic mass is 19.1. The Balaban J connectivity index is 1.36. The number of nitrogens with zero attached hydrogens (tertiary/aromatic N) is 1. The zero-order valence-corrected chi connectivity index (χ0v) is 20.3. The van der Waals surface area contributed by atoms with Gasteiger partial charge in [-0.3, -0.25) is 0 Å². The van der Waals surface area contributed by atoms with Gasteiger partial charge in [0.2, 0.25) is 0 Å². The second-order valence-corrected chi connectivity index (χ2v) is 10.4. The Bertz CT molecular complexity index is 1030. The summed E-state index contributed by atoms with van der Waals surface area (Å²) >= 11 is 0. The first kappa shape index (κ1) is 24.8. The van der Waals surface area contributed by atoms with Gasteiger partial charge in [0.15, 0.2) is 0 Å². The molecule has 0 aromatic heterocycles. The van der Waals surface area contributed by atoms with E-state index in [4.69, 9.17) is 5.26 Å². The van der Waals surface area contributed by atoms with E-state index in [1.165, 1.54) is 57.4 Å². The van der Waals surface area contributed by atoms with E-state index in [1.807, 2.05) is 6.07 Å². The van der Waals surface area contributed by atoms with Crippen molar-refractivity contribution in [3.05, 3.63) is 69.5 Å². The van der Waals surface area contributed by atoms with Crippen molar-refractivity contribution in [1.29, 1.82) is 5.26 Å². The fourth-order valence-electron chi connectivity index (χ4n) is 6.16. The van der Waals surface area contributed by atoms with Gasteiger partial charge in [-0.1, -0.05) is 57.6 Å². The number of benzene rings is 2. The van der Waals surface area contributed by atoms with E-state index in [2.05, 4.69) is 13.0 Å². The maximum Gasteiger partial charge on any atom is 0.147 e. The number of halogens is 3. The highest BCUT2D eigenvalue weighted by Crippen LogP contribution is 2.40. The molecule has 4 rings (SSSR count). The Morgan fingerprint density at radius 2 is 1.65 bits per heavy atom. The Hall–Kier alpha value is -2.28. The van der Waals surface area contributed by atoms with Crippen molar-refractivity contribution in [2.24, 2.45) is 5.92 Å². The molecule has 1 nitrogen and oxygen atoms in total. The van der Waals surface area contributed by atoms with Crippen molar-refractivity contribution in [3.63, 3.8) is 0 Å². The van der Waals surface area contributed by atoms with Gasteiger partial charge < -0.3 is 0 Å². The summed E-state index contributed by atoms with van der Waals surface area (Å²) in [4.78, 5) is 0. The third kappa shape index (κ3) is 5.51. The molecule has 2 aliphatic carbocycles. The third-order valence-electron chi connectivity index (χ3n) is 8.23. The molecule has 1 fully saturated rings. The molecule has 0 saturated heterocycles. The quantitative estimate of drug-likeness (QED) is 0.356. The van der Waals surface area contributed by atoms with E-state index in [9.17, 15) is 8.78 Å². The van der Waals surface area contributed by atoms with E-state index < -0.39 is 17.2 Å². The van der Waals surface area contributed by atoms with E-state index in [0.717, 1.165) is 24.3 Å². The summed E-state index contributed by atoms with van der Waals surface area (Å²) in [5, 5.41) is 9.00. The Labute approximate surface area is 202 Å². The largest absolute Gasteiger partial charge is 0.207 e. The van der Waals surface area contributed by atoms with Gasteiger partial charge in [-0.2, -0.15) is 5.26 Å². The summed E-state index contributed by atoms with van der Waals surface area (Å²) in [5.74, 6) is -0.614. The first-order chi connectivity index (χ1) is 16.5. The van der Waals surface area contributed by atoms with Crippen LogP contribution in [0.25, 0.3) is 0 Å². The molecule has 2 aromatic rings. The van der Waals surface area contributed by atoms with Gasteiger partial charge >= 0.3 is 0 Å². The lowest BCUT2D eigenvalue weighted by atomic mass is 9.75. The first-order valence-electron chi connectivity index (χ1n) is 13.2. The third-order valence-corrected chi connectivity index (χ3v) is 8.23. The maximum atomic E-state index is 15.2. The van der Waals surface area contributed by atoms with Crippen molar-refractivity contribution in [2.75, 3.05) is 0 Å². The summed E-state index contributed by atoms with van der Waals surface area (Å²) in [7, 11) is 0. The fourth-order valence-corrected chi connectivity index (χ4v) is 6.16. The standard InChI is InChI=1S/C30H36F3N/c1-2-3-4-5-6-7-20-8-10-21(11-9-20)22-12-14-25(28(31)17-22)23-13-15-26-24(16-23)18-29(32)27(19-34)30(26)33/h12,14,17-18,20-21,23H,2-11,13,15-16H2,1H3. The maximum absolute atomic E-state index is 15.2. The zero-order chi connectivity index (χ0) is 24.1. The number of nitriles is 1. The highest BCUT2D eigenvalue weighted by molar-refractivity contribution is 5.44. The van der Waals surface area contributed by atoms with Crippen LogP contribution in [-0.2, 0) is 12.8 Å². The van der Waals surface area contributed by atoms with Gasteiger partial charge in [0.1, 0.15) is 29.1 Å². The Morgan fingerprint density at radius 3 is 2.35 bits per heavy atom. The van der Waals surface area contributed by atoms with E-state index in [1.54, 1.807) is 12.1 Å². The van der Waals surface area contributed by atoms with Crippen LogP contribution in [0.4, 0.5) is 13.2 Å². The predicted octanol–water partition coefficient (Wildman–Crippen LogP) is 8.88. The number of unbranched alkanes of at least 4 members (excludes halogenated alkanes) is 4. The average molecular weight is 468 g/mol. The lowest BCUT2D eigenvalue weighted by Gasteiger charge is -2.30. The van der Waals surface area contributed by atoms with Gasteiger partial charge in [-0.05, 0) is 97.1 Å². The van der Waals surface area contributed by atoms with Crippen LogP contribution in [0.1, 0.15) is 117 Å². The van der Waals surface area contributed by atoms with E-state index in [0.29, 0.717) is 41.9 Å². The van der Waals surface area contributed by atoms with Crippen molar-refractivity contribution in [2.45, 2.75) is 102 Å². The lowest BCUT2D eigenvalue weighted by Crippen LogP contribution is -2.17. The number of fused-ring (bicyclic) bond motifs is 1. The molecule has 1 saturated carbocycles. The summed E-state index contributed by atoms with van der Waals surface area (Å²) in [5.41, 5.74) is 2.18. The normalized spacial score (nSPS) is 22.3. The molecule has 34 heavy (non-hydrogen) atoms. The van der Waals surface area contributed by atoms with Gasteiger partial charge in [0.05, 0.1) is 0 Å². The average Bonchev–Trinajstić information content (AvgIpc) is 2.84. The van der Waals surface area contributed by atoms with Crippen molar-refractivity contribution < 1.29 is 13.2 Å². The second-order valence-electron chi connectivity index (χ2n) is 10.4. The molecule has 0 bridgehead atoms. The predicted molar refractivity (Wildman–Crippen MR) is 130 cm³/mol. The van der Waals surface area contributed by atoms with Gasteiger partial charge in [0.25, 0.3) is 0 Å². The Morgan fingerprint density at radius 1 is 0.882 bits per heavy atom. The van der Waals surface area contributed by atoms with Crippen LogP contribution in [0.2, 0.25) is 0 Å². The van der Waals surface area contributed by atoms with Crippen LogP contribution in [-0.4, -0.2) is 0 Å². The van der Waals surface area contributed by atoms with Gasteiger partial charge in [-0.25, -0.2) is 13.2 Å². The van der Waals surface area contributed by atoms with Crippen LogP contribution < -0.4 is 0 Å².